The zero-order valence-corrected chi connectivity index (χ0v) is 9.28. The molecule has 0 aromatic heterocycles. The molecule has 0 radical (unpaired) electrons. The van der Waals surface area contributed by atoms with Crippen LogP contribution in [0.5, 0.6) is 0 Å². The van der Waals surface area contributed by atoms with E-state index in [-0.39, 0.29) is 6.10 Å². The Hall–Kier alpha value is -0.0800. The Balaban J connectivity index is 1.89. The van der Waals surface area contributed by atoms with Gasteiger partial charge < -0.3 is 5.11 Å². The second kappa shape index (κ2) is 4.63. The molecule has 0 amide bonds. The lowest BCUT2D eigenvalue weighted by molar-refractivity contribution is 0.0499. The van der Waals surface area contributed by atoms with Crippen molar-refractivity contribution < 1.29 is 5.11 Å². The fraction of sp³-hybridized carbons (Fsp3) is 1.00. The van der Waals surface area contributed by atoms with E-state index in [0.29, 0.717) is 6.04 Å². The maximum atomic E-state index is 9.85. The van der Waals surface area contributed by atoms with Crippen LogP contribution in [0, 0.1) is 0 Å². The van der Waals surface area contributed by atoms with Gasteiger partial charge in [0.25, 0.3) is 0 Å². The van der Waals surface area contributed by atoms with Crippen LogP contribution < -0.4 is 0 Å². The highest BCUT2D eigenvalue weighted by molar-refractivity contribution is 4.87. The van der Waals surface area contributed by atoms with E-state index in [0.717, 1.165) is 12.5 Å². The van der Waals surface area contributed by atoms with Gasteiger partial charge in [0.05, 0.1) is 6.10 Å². The summed E-state index contributed by atoms with van der Waals surface area (Å²) in [6.07, 6.45) is 10.3. The molecule has 2 fully saturated rings. The van der Waals surface area contributed by atoms with E-state index >= 15 is 0 Å². The molecule has 2 rings (SSSR count). The molecule has 1 N–H and O–H groups in total. The normalized spacial score (nSPS) is 35.4. The summed E-state index contributed by atoms with van der Waals surface area (Å²) >= 11 is 0. The SMILES string of the molecule is CN(C1CCCCC1)C1CCCC1O. The molecule has 2 saturated carbocycles. The van der Waals surface area contributed by atoms with Crippen molar-refractivity contribution in [1.29, 1.82) is 0 Å². The third-order valence-corrected chi connectivity index (χ3v) is 4.12. The highest BCUT2D eigenvalue weighted by Gasteiger charge is 2.32. The smallest absolute Gasteiger partial charge is 0.0695 e. The Morgan fingerprint density at radius 3 is 2.21 bits per heavy atom. The molecule has 2 aliphatic carbocycles. The first-order valence-corrected chi connectivity index (χ1v) is 6.19. The van der Waals surface area contributed by atoms with Gasteiger partial charge in [0.15, 0.2) is 0 Å². The monoisotopic (exact) mass is 197 g/mol. The maximum absolute atomic E-state index is 9.85. The average Bonchev–Trinajstić information content (AvgIpc) is 2.65. The van der Waals surface area contributed by atoms with Crippen LogP contribution >= 0.6 is 0 Å². The van der Waals surface area contributed by atoms with Gasteiger partial charge in [0.2, 0.25) is 0 Å². The fourth-order valence-corrected chi connectivity index (χ4v) is 3.16. The molecule has 0 heterocycles. The van der Waals surface area contributed by atoms with E-state index in [1.54, 1.807) is 0 Å². The summed E-state index contributed by atoms with van der Waals surface area (Å²) in [6.45, 7) is 0. The van der Waals surface area contributed by atoms with Crippen LogP contribution in [0.15, 0.2) is 0 Å². The standard InChI is InChI=1S/C12H23NO/c1-13(10-6-3-2-4-7-10)11-8-5-9-12(11)14/h10-12,14H,2-9H2,1H3. The number of nitrogens with zero attached hydrogens (tertiary/aromatic N) is 1. The summed E-state index contributed by atoms with van der Waals surface area (Å²) in [7, 11) is 2.22. The lowest BCUT2D eigenvalue weighted by atomic mass is 9.93. The van der Waals surface area contributed by atoms with Crippen molar-refractivity contribution in [3.05, 3.63) is 0 Å². The highest BCUT2D eigenvalue weighted by atomic mass is 16.3. The average molecular weight is 197 g/mol. The number of hydrogen-bond donors (Lipinski definition) is 1. The third kappa shape index (κ3) is 2.12. The van der Waals surface area contributed by atoms with Crippen LogP contribution in [0.4, 0.5) is 0 Å². The van der Waals surface area contributed by atoms with Gasteiger partial charge in [0.1, 0.15) is 0 Å². The van der Waals surface area contributed by atoms with Gasteiger partial charge in [-0.05, 0) is 39.2 Å². The lowest BCUT2D eigenvalue weighted by Gasteiger charge is -2.36. The van der Waals surface area contributed by atoms with Gasteiger partial charge >= 0.3 is 0 Å². The minimum atomic E-state index is -0.0538. The first-order chi connectivity index (χ1) is 6.79. The van der Waals surface area contributed by atoms with E-state index in [2.05, 4.69) is 11.9 Å². The number of aliphatic hydroxyl groups excluding tert-OH is 1. The zero-order chi connectivity index (χ0) is 9.97. The molecule has 0 aromatic carbocycles. The van der Waals surface area contributed by atoms with Gasteiger partial charge in [-0.25, -0.2) is 0 Å². The topological polar surface area (TPSA) is 23.5 Å². The fourth-order valence-electron chi connectivity index (χ4n) is 3.16. The van der Waals surface area contributed by atoms with Gasteiger partial charge in [-0.3, -0.25) is 4.90 Å². The Morgan fingerprint density at radius 2 is 1.64 bits per heavy atom. The number of likely N-dealkylation sites (N-methyl/N-ethyl adjacent to an activating group) is 1. The Kier molecular flexibility index (Phi) is 3.45. The molecular formula is C12H23NO. The summed E-state index contributed by atoms with van der Waals surface area (Å²) in [5.41, 5.74) is 0. The number of hydrogen-bond acceptors (Lipinski definition) is 2. The quantitative estimate of drug-likeness (QED) is 0.733. The van der Waals surface area contributed by atoms with Gasteiger partial charge in [-0.1, -0.05) is 19.3 Å². The molecule has 2 unspecified atom stereocenters. The summed E-state index contributed by atoms with van der Waals surface area (Å²) in [6, 6.07) is 1.21. The van der Waals surface area contributed by atoms with Crippen LogP contribution in [0.25, 0.3) is 0 Å². The third-order valence-electron chi connectivity index (χ3n) is 4.12. The summed E-state index contributed by atoms with van der Waals surface area (Å²) in [4.78, 5) is 2.47. The molecule has 0 aromatic rings. The predicted octanol–water partition coefficient (Wildman–Crippen LogP) is 2.16. The zero-order valence-electron chi connectivity index (χ0n) is 9.28. The molecule has 0 bridgehead atoms. The van der Waals surface area contributed by atoms with Gasteiger partial charge in [-0.15, -0.1) is 0 Å². The first kappa shape index (κ1) is 10.4. The molecule has 2 heteroatoms. The van der Waals surface area contributed by atoms with Crippen molar-refractivity contribution in [1.82, 2.24) is 4.90 Å². The Morgan fingerprint density at radius 1 is 0.929 bits per heavy atom. The van der Waals surface area contributed by atoms with E-state index in [9.17, 15) is 5.11 Å². The minimum Gasteiger partial charge on any atom is -0.391 e. The van der Waals surface area contributed by atoms with Crippen LogP contribution in [0.2, 0.25) is 0 Å². The van der Waals surface area contributed by atoms with E-state index in [1.165, 1.54) is 44.9 Å². The van der Waals surface area contributed by atoms with Crippen molar-refractivity contribution in [2.75, 3.05) is 7.05 Å². The first-order valence-electron chi connectivity index (χ1n) is 6.19. The van der Waals surface area contributed by atoms with E-state index in [4.69, 9.17) is 0 Å². The van der Waals surface area contributed by atoms with Gasteiger partial charge in [0, 0.05) is 12.1 Å². The molecular weight excluding hydrogens is 174 g/mol. The van der Waals surface area contributed by atoms with Crippen molar-refractivity contribution in [2.24, 2.45) is 0 Å². The molecule has 14 heavy (non-hydrogen) atoms. The second-order valence-electron chi connectivity index (χ2n) is 5.02. The molecule has 2 aliphatic rings. The molecule has 0 spiro atoms. The molecule has 2 nitrogen and oxygen atoms in total. The summed E-state index contributed by atoms with van der Waals surface area (Å²) in [5.74, 6) is 0. The van der Waals surface area contributed by atoms with Crippen molar-refractivity contribution in [3.8, 4) is 0 Å². The molecule has 2 atom stereocenters. The van der Waals surface area contributed by atoms with E-state index in [1.807, 2.05) is 0 Å². The highest BCUT2D eigenvalue weighted by Crippen LogP contribution is 2.29. The van der Waals surface area contributed by atoms with Crippen LogP contribution in [-0.4, -0.2) is 35.2 Å². The minimum absolute atomic E-state index is 0.0538. The maximum Gasteiger partial charge on any atom is 0.0695 e. The molecule has 0 aliphatic heterocycles. The number of aliphatic hydroxyl groups is 1. The summed E-state index contributed by atoms with van der Waals surface area (Å²) < 4.78 is 0. The Labute approximate surface area is 87.3 Å². The molecule has 0 saturated heterocycles. The van der Waals surface area contributed by atoms with Crippen LogP contribution in [0.3, 0.4) is 0 Å². The predicted molar refractivity (Wildman–Crippen MR) is 58.3 cm³/mol. The van der Waals surface area contributed by atoms with Crippen LogP contribution in [-0.2, 0) is 0 Å². The second-order valence-corrected chi connectivity index (χ2v) is 5.02. The number of rotatable bonds is 2. The van der Waals surface area contributed by atoms with Crippen molar-refractivity contribution >= 4 is 0 Å². The largest absolute Gasteiger partial charge is 0.391 e. The van der Waals surface area contributed by atoms with Gasteiger partial charge in [-0.2, -0.15) is 0 Å². The molecule has 82 valence electrons. The lowest BCUT2D eigenvalue weighted by Crippen LogP contribution is -2.44. The Bertz CT molecular complexity index is 177. The summed E-state index contributed by atoms with van der Waals surface area (Å²) in [5, 5.41) is 9.85. The van der Waals surface area contributed by atoms with Crippen LogP contribution in [0.1, 0.15) is 51.4 Å². The van der Waals surface area contributed by atoms with Crippen molar-refractivity contribution in [2.45, 2.75) is 69.6 Å². The van der Waals surface area contributed by atoms with Crippen molar-refractivity contribution in [3.63, 3.8) is 0 Å². The van der Waals surface area contributed by atoms with E-state index < -0.39 is 0 Å².